The van der Waals surface area contributed by atoms with Crippen LogP contribution in [0.1, 0.15) is 13.3 Å². The van der Waals surface area contributed by atoms with Crippen molar-refractivity contribution in [2.75, 3.05) is 37.0 Å². The van der Waals surface area contributed by atoms with Crippen LogP contribution in [0.25, 0.3) is 11.0 Å². The number of aromatic amines is 1. The number of methoxy groups -OCH3 is 1. The van der Waals surface area contributed by atoms with Gasteiger partial charge in [-0.1, -0.05) is 0 Å². The molecule has 0 saturated carbocycles. The van der Waals surface area contributed by atoms with Gasteiger partial charge in [0.2, 0.25) is 0 Å². The van der Waals surface area contributed by atoms with Crippen LogP contribution in [0.4, 0.5) is 11.4 Å². The quantitative estimate of drug-likeness (QED) is 0.714. The molecule has 0 spiro atoms. The molecule has 1 saturated heterocycles. The minimum Gasteiger partial charge on any atom is -0.381 e. The number of nitrogens with two attached hydrogens (primary N) is 1. The van der Waals surface area contributed by atoms with Crippen LogP contribution in [-0.4, -0.2) is 48.9 Å². The molecule has 0 radical (unpaired) electrons. The van der Waals surface area contributed by atoms with Gasteiger partial charge in [0.15, 0.2) is 0 Å². The van der Waals surface area contributed by atoms with Crippen molar-refractivity contribution < 1.29 is 4.74 Å². The Morgan fingerprint density at radius 1 is 1.61 bits per heavy atom. The van der Waals surface area contributed by atoms with Gasteiger partial charge in [-0.2, -0.15) is 0 Å². The number of anilines is 2. The molecular formula is C15H23BrClN5O. The number of hydrogen-bond donors (Lipinski definition) is 3. The van der Waals surface area contributed by atoms with Crippen molar-refractivity contribution in [2.24, 2.45) is 5.73 Å². The Bertz CT molecular complexity index is 665. The summed E-state index contributed by atoms with van der Waals surface area (Å²) in [4.78, 5) is 10.0. The number of pyridine rings is 1. The number of halogens is 2. The highest BCUT2D eigenvalue weighted by atomic mass is 79.9. The monoisotopic (exact) mass is 403 g/mol. The maximum atomic E-state index is 6.07. The van der Waals surface area contributed by atoms with Crippen molar-refractivity contribution in [2.45, 2.75) is 25.5 Å². The highest BCUT2D eigenvalue weighted by molar-refractivity contribution is 9.10. The first-order valence-electron chi connectivity index (χ1n) is 7.53. The van der Waals surface area contributed by atoms with E-state index in [1.807, 2.05) is 19.3 Å². The van der Waals surface area contributed by atoms with Crippen LogP contribution in [0.5, 0.6) is 0 Å². The Morgan fingerprint density at radius 2 is 2.39 bits per heavy atom. The molecular weight excluding hydrogens is 382 g/mol. The largest absolute Gasteiger partial charge is 0.381 e. The van der Waals surface area contributed by atoms with Gasteiger partial charge in [0.25, 0.3) is 0 Å². The number of nitrogens with one attached hydrogen (secondary N) is 2. The molecule has 1 unspecified atom stereocenters. The fraction of sp³-hybridized carbons (Fsp3) is 0.533. The lowest BCUT2D eigenvalue weighted by molar-refractivity contribution is 0.129. The van der Waals surface area contributed by atoms with E-state index in [-0.39, 0.29) is 24.6 Å². The molecule has 2 aromatic rings. The molecule has 23 heavy (non-hydrogen) atoms. The number of nitrogens with zero attached hydrogens (tertiary/aromatic N) is 2. The molecule has 0 bridgehead atoms. The van der Waals surface area contributed by atoms with E-state index < -0.39 is 0 Å². The molecule has 2 aromatic heterocycles. The van der Waals surface area contributed by atoms with Gasteiger partial charge in [-0.05, 0) is 29.3 Å². The van der Waals surface area contributed by atoms with Gasteiger partial charge in [-0.3, -0.25) is 0 Å². The fourth-order valence-electron chi connectivity index (χ4n) is 2.83. The minimum atomic E-state index is 0. The summed E-state index contributed by atoms with van der Waals surface area (Å²) in [6.45, 7) is 4.63. The second-order valence-corrected chi connectivity index (χ2v) is 6.66. The molecule has 3 heterocycles. The minimum absolute atomic E-state index is 0. The van der Waals surface area contributed by atoms with Gasteiger partial charge in [0.1, 0.15) is 5.65 Å². The Labute approximate surface area is 150 Å². The van der Waals surface area contributed by atoms with Crippen LogP contribution < -0.4 is 16.0 Å². The first kappa shape index (κ1) is 18.3. The van der Waals surface area contributed by atoms with Gasteiger partial charge >= 0.3 is 0 Å². The summed E-state index contributed by atoms with van der Waals surface area (Å²) in [5.41, 5.74) is 9.16. The molecule has 0 aromatic carbocycles. The Kier molecular flexibility index (Phi) is 6.13. The van der Waals surface area contributed by atoms with Crippen LogP contribution in [0.15, 0.2) is 16.9 Å². The van der Waals surface area contributed by atoms with E-state index in [4.69, 9.17) is 10.5 Å². The normalized spacial score (nSPS) is 19.0. The van der Waals surface area contributed by atoms with E-state index in [1.54, 1.807) is 7.11 Å². The maximum absolute atomic E-state index is 6.07. The summed E-state index contributed by atoms with van der Waals surface area (Å²) < 4.78 is 6.30. The van der Waals surface area contributed by atoms with Gasteiger partial charge < -0.3 is 25.7 Å². The molecule has 0 amide bonds. The van der Waals surface area contributed by atoms with Crippen molar-refractivity contribution in [3.63, 3.8) is 0 Å². The van der Waals surface area contributed by atoms with Crippen molar-refractivity contribution in [1.82, 2.24) is 9.97 Å². The summed E-state index contributed by atoms with van der Waals surface area (Å²) in [5, 5.41) is 4.55. The summed E-state index contributed by atoms with van der Waals surface area (Å²) in [6, 6.07) is 0.235. The smallest absolute Gasteiger partial charge is 0.141 e. The van der Waals surface area contributed by atoms with Crippen molar-refractivity contribution in [3.05, 3.63) is 16.9 Å². The van der Waals surface area contributed by atoms with Crippen LogP contribution in [0.3, 0.4) is 0 Å². The van der Waals surface area contributed by atoms with E-state index in [0.29, 0.717) is 0 Å². The third-order valence-corrected chi connectivity index (χ3v) is 4.73. The second-order valence-electron chi connectivity index (χ2n) is 5.80. The zero-order valence-electron chi connectivity index (χ0n) is 13.3. The summed E-state index contributed by atoms with van der Waals surface area (Å²) in [7, 11) is 1.72. The van der Waals surface area contributed by atoms with Gasteiger partial charge in [0.05, 0.1) is 27.3 Å². The second kappa shape index (κ2) is 7.70. The standard InChI is InChI=1S/C15H22BrN5O.ClH/c1-9(22-2)5-18-12-7-20-15-13(12)14(11(16)6-19-15)21-4-3-10(17)8-21;/h6-7,9-10,18H,3-5,8,17H2,1-2H3,(H,19,20);1H/t9?,10-;/m1./s1. The Hall–Kier alpha value is -1.02. The lowest BCUT2D eigenvalue weighted by Crippen LogP contribution is -2.26. The van der Waals surface area contributed by atoms with Crippen molar-refractivity contribution in [3.8, 4) is 0 Å². The molecule has 0 aliphatic carbocycles. The zero-order chi connectivity index (χ0) is 15.7. The number of fused-ring (bicyclic) bond motifs is 1. The van der Waals surface area contributed by atoms with E-state index in [9.17, 15) is 0 Å². The van der Waals surface area contributed by atoms with Crippen LogP contribution in [0.2, 0.25) is 0 Å². The zero-order valence-corrected chi connectivity index (χ0v) is 15.7. The predicted octanol–water partition coefficient (Wildman–Crippen LogP) is 2.73. The molecule has 1 fully saturated rings. The number of aromatic nitrogens is 2. The third kappa shape index (κ3) is 3.74. The Balaban J connectivity index is 0.00000192. The highest BCUT2D eigenvalue weighted by Gasteiger charge is 2.25. The lowest BCUT2D eigenvalue weighted by atomic mass is 10.2. The van der Waals surface area contributed by atoms with E-state index in [2.05, 4.69) is 36.1 Å². The summed E-state index contributed by atoms with van der Waals surface area (Å²) in [5.74, 6) is 0. The highest BCUT2D eigenvalue weighted by Crippen LogP contribution is 2.38. The number of rotatable bonds is 5. The van der Waals surface area contributed by atoms with Gasteiger partial charge in [-0.15, -0.1) is 12.4 Å². The van der Waals surface area contributed by atoms with Crippen molar-refractivity contribution >= 4 is 50.7 Å². The SMILES string of the molecule is COC(C)CNc1c[nH]c2ncc(Br)c(N3CC[C@@H](N)C3)c12.Cl. The lowest BCUT2D eigenvalue weighted by Gasteiger charge is -2.21. The van der Waals surface area contributed by atoms with Crippen LogP contribution in [-0.2, 0) is 4.74 Å². The molecule has 1 aliphatic heterocycles. The first-order chi connectivity index (χ1) is 10.6. The van der Waals surface area contributed by atoms with E-state index in [1.165, 1.54) is 0 Å². The Morgan fingerprint density at radius 3 is 3.04 bits per heavy atom. The molecule has 4 N–H and O–H groups in total. The van der Waals surface area contributed by atoms with Crippen LogP contribution in [0, 0.1) is 0 Å². The molecule has 8 heteroatoms. The number of hydrogen-bond acceptors (Lipinski definition) is 5. The third-order valence-electron chi connectivity index (χ3n) is 4.15. The average Bonchev–Trinajstić information content (AvgIpc) is 3.11. The van der Waals surface area contributed by atoms with E-state index in [0.717, 1.165) is 52.9 Å². The van der Waals surface area contributed by atoms with Gasteiger partial charge in [0, 0.05) is 45.2 Å². The molecule has 2 atom stereocenters. The summed E-state index contributed by atoms with van der Waals surface area (Å²) in [6.07, 6.45) is 4.98. The topological polar surface area (TPSA) is 79.2 Å². The molecule has 128 valence electrons. The van der Waals surface area contributed by atoms with Gasteiger partial charge in [-0.25, -0.2) is 4.98 Å². The fourth-order valence-corrected chi connectivity index (χ4v) is 3.38. The summed E-state index contributed by atoms with van der Waals surface area (Å²) >= 11 is 3.65. The maximum Gasteiger partial charge on any atom is 0.141 e. The first-order valence-corrected chi connectivity index (χ1v) is 8.32. The number of ether oxygens (including phenoxy) is 1. The van der Waals surface area contributed by atoms with Crippen molar-refractivity contribution in [1.29, 1.82) is 0 Å². The predicted molar refractivity (Wildman–Crippen MR) is 101 cm³/mol. The average molecular weight is 405 g/mol. The number of H-pyrrole nitrogens is 1. The molecule has 3 rings (SSSR count). The molecule has 1 aliphatic rings. The van der Waals surface area contributed by atoms with E-state index >= 15 is 0 Å². The van der Waals surface area contributed by atoms with Crippen LogP contribution >= 0.6 is 28.3 Å². The molecule has 6 nitrogen and oxygen atoms in total.